The third-order valence-electron chi connectivity index (χ3n) is 1.42. The smallest absolute Gasteiger partial charge is 0.0863 e. The lowest BCUT2D eigenvalue weighted by Gasteiger charge is -2.11. The first-order valence-corrected chi connectivity index (χ1v) is 6.15. The summed E-state index contributed by atoms with van der Waals surface area (Å²) in [6.45, 7) is 7.69. The molecular weight excluding hydrogens is 184 g/mol. The Morgan fingerprint density at radius 2 is 2.00 bits per heavy atom. The average Bonchev–Trinajstić information content (AvgIpc) is 2.04. The first-order valence-electron chi connectivity index (χ1n) is 5.00. The maximum atomic E-state index is 9.44. The summed E-state index contributed by atoms with van der Waals surface area (Å²) in [7, 11) is 0. The molecule has 0 amide bonds. The molecule has 0 radical (unpaired) electrons. The molecule has 0 fully saturated rings. The molecule has 0 aliphatic rings. The number of ether oxygens (including phenoxy) is 1. The fourth-order valence-corrected chi connectivity index (χ4v) is 1.83. The predicted octanol–water partition coefficient (Wildman–Crippen LogP) is 2.16. The minimum atomic E-state index is -0.296. The van der Waals surface area contributed by atoms with Gasteiger partial charge in [0.25, 0.3) is 0 Å². The van der Waals surface area contributed by atoms with E-state index in [0.717, 1.165) is 24.5 Å². The minimum Gasteiger partial charge on any atom is -0.390 e. The lowest BCUT2D eigenvalue weighted by Crippen LogP contribution is -2.18. The van der Waals surface area contributed by atoms with Crippen molar-refractivity contribution in [1.29, 1.82) is 0 Å². The molecule has 0 spiro atoms. The summed E-state index contributed by atoms with van der Waals surface area (Å²) < 4.78 is 5.24. The molecule has 0 bridgehead atoms. The quantitative estimate of drug-likeness (QED) is 0.617. The third kappa shape index (κ3) is 10.2. The van der Waals surface area contributed by atoms with Crippen molar-refractivity contribution in [3.8, 4) is 0 Å². The first kappa shape index (κ1) is 13.3. The van der Waals surface area contributed by atoms with Crippen molar-refractivity contribution in [3.63, 3.8) is 0 Å². The van der Waals surface area contributed by atoms with Gasteiger partial charge in [0.15, 0.2) is 0 Å². The summed E-state index contributed by atoms with van der Waals surface area (Å²) in [6, 6.07) is 0. The Kier molecular flexibility index (Phi) is 9.03. The molecule has 0 aromatic carbocycles. The zero-order chi connectivity index (χ0) is 10.1. The van der Waals surface area contributed by atoms with Gasteiger partial charge in [0.05, 0.1) is 12.7 Å². The second-order valence-corrected chi connectivity index (χ2v) is 4.73. The molecule has 2 nitrogen and oxygen atoms in total. The molecule has 0 heterocycles. The largest absolute Gasteiger partial charge is 0.390 e. The van der Waals surface area contributed by atoms with Gasteiger partial charge in [0, 0.05) is 12.4 Å². The van der Waals surface area contributed by atoms with Crippen LogP contribution in [0.3, 0.4) is 0 Å². The number of aliphatic hydroxyl groups excluding tert-OH is 1. The SMILES string of the molecule is CCCOCC(O)CSCC(C)C. The van der Waals surface area contributed by atoms with E-state index in [4.69, 9.17) is 4.74 Å². The Morgan fingerprint density at radius 1 is 1.31 bits per heavy atom. The minimum absolute atomic E-state index is 0.296. The van der Waals surface area contributed by atoms with Crippen LogP contribution in [0.4, 0.5) is 0 Å². The number of aliphatic hydroxyl groups is 1. The van der Waals surface area contributed by atoms with Gasteiger partial charge in [-0.15, -0.1) is 0 Å². The van der Waals surface area contributed by atoms with Gasteiger partial charge in [-0.05, 0) is 18.1 Å². The molecule has 0 saturated carbocycles. The Labute approximate surface area is 86.1 Å². The molecule has 1 N–H and O–H groups in total. The van der Waals surface area contributed by atoms with Crippen LogP contribution in [-0.4, -0.2) is 35.9 Å². The number of hydrogen-bond acceptors (Lipinski definition) is 3. The lowest BCUT2D eigenvalue weighted by atomic mass is 10.3. The molecule has 0 aliphatic heterocycles. The van der Waals surface area contributed by atoms with E-state index in [-0.39, 0.29) is 6.10 Å². The van der Waals surface area contributed by atoms with Crippen LogP contribution in [0.2, 0.25) is 0 Å². The molecular formula is C10H22O2S. The van der Waals surface area contributed by atoms with E-state index in [1.165, 1.54) is 0 Å². The van der Waals surface area contributed by atoms with Crippen molar-refractivity contribution < 1.29 is 9.84 Å². The van der Waals surface area contributed by atoms with E-state index in [9.17, 15) is 5.11 Å². The van der Waals surface area contributed by atoms with Crippen LogP contribution in [0, 0.1) is 5.92 Å². The Morgan fingerprint density at radius 3 is 2.54 bits per heavy atom. The standard InChI is InChI=1S/C10H22O2S/c1-4-5-12-6-10(11)8-13-7-9(2)3/h9-11H,4-8H2,1-3H3. The van der Waals surface area contributed by atoms with Gasteiger partial charge in [-0.1, -0.05) is 20.8 Å². The summed E-state index contributed by atoms with van der Waals surface area (Å²) >= 11 is 1.80. The highest BCUT2D eigenvalue weighted by molar-refractivity contribution is 7.99. The fraction of sp³-hybridized carbons (Fsp3) is 1.00. The molecule has 80 valence electrons. The molecule has 1 unspecified atom stereocenters. The molecule has 0 aromatic rings. The highest BCUT2D eigenvalue weighted by Crippen LogP contribution is 2.08. The van der Waals surface area contributed by atoms with Gasteiger partial charge in [0.1, 0.15) is 0 Å². The van der Waals surface area contributed by atoms with Crippen molar-refractivity contribution in [3.05, 3.63) is 0 Å². The van der Waals surface area contributed by atoms with Crippen LogP contribution in [0.15, 0.2) is 0 Å². The van der Waals surface area contributed by atoms with Crippen molar-refractivity contribution in [2.24, 2.45) is 5.92 Å². The average molecular weight is 206 g/mol. The van der Waals surface area contributed by atoms with Crippen molar-refractivity contribution in [2.75, 3.05) is 24.7 Å². The molecule has 0 rings (SSSR count). The summed E-state index contributed by atoms with van der Waals surface area (Å²) in [6.07, 6.45) is 0.724. The first-order chi connectivity index (χ1) is 6.16. The van der Waals surface area contributed by atoms with Gasteiger partial charge < -0.3 is 9.84 Å². The maximum absolute atomic E-state index is 9.44. The van der Waals surface area contributed by atoms with Gasteiger partial charge in [0.2, 0.25) is 0 Å². The topological polar surface area (TPSA) is 29.5 Å². The van der Waals surface area contributed by atoms with Crippen LogP contribution < -0.4 is 0 Å². The van der Waals surface area contributed by atoms with Gasteiger partial charge in [-0.2, -0.15) is 11.8 Å². The molecule has 0 saturated heterocycles. The van der Waals surface area contributed by atoms with E-state index in [2.05, 4.69) is 20.8 Å². The Bertz CT molecular complexity index is 107. The van der Waals surface area contributed by atoms with Gasteiger partial charge in [-0.25, -0.2) is 0 Å². The molecule has 0 aromatic heterocycles. The Balaban J connectivity index is 3.15. The van der Waals surface area contributed by atoms with Crippen LogP contribution in [0.1, 0.15) is 27.2 Å². The summed E-state index contributed by atoms with van der Waals surface area (Å²) in [4.78, 5) is 0. The monoisotopic (exact) mass is 206 g/mol. The number of rotatable bonds is 8. The molecule has 3 heteroatoms. The Hall–Kier alpha value is 0.270. The van der Waals surface area contributed by atoms with Crippen LogP contribution >= 0.6 is 11.8 Å². The molecule has 13 heavy (non-hydrogen) atoms. The number of hydrogen-bond donors (Lipinski definition) is 1. The highest BCUT2D eigenvalue weighted by Gasteiger charge is 2.04. The normalized spacial score (nSPS) is 13.6. The van der Waals surface area contributed by atoms with Crippen LogP contribution in [-0.2, 0) is 4.74 Å². The second-order valence-electron chi connectivity index (χ2n) is 3.66. The highest BCUT2D eigenvalue weighted by atomic mass is 32.2. The van der Waals surface area contributed by atoms with Gasteiger partial charge in [-0.3, -0.25) is 0 Å². The van der Waals surface area contributed by atoms with E-state index in [1.807, 2.05) is 0 Å². The summed E-state index contributed by atoms with van der Waals surface area (Å²) in [5.41, 5.74) is 0. The van der Waals surface area contributed by atoms with Crippen molar-refractivity contribution >= 4 is 11.8 Å². The van der Waals surface area contributed by atoms with Crippen molar-refractivity contribution in [1.82, 2.24) is 0 Å². The predicted molar refractivity (Wildman–Crippen MR) is 59.3 cm³/mol. The van der Waals surface area contributed by atoms with E-state index in [1.54, 1.807) is 11.8 Å². The van der Waals surface area contributed by atoms with E-state index >= 15 is 0 Å². The number of thioether (sulfide) groups is 1. The van der Waals surface area contributed by atoms with Crippen LogP contribution in [0.25, 0.3) is 0 Å². The lowest BCUT2D eigenvalue weighted by molar-refractivity contribution is 0.0489. The molecule has 0 aliphatic carbocycles. The van der Waals surface area contributed by atoms with E-state index in [0.29, 0.717) is 12.5 Å². The maximum Gasteiger partial charge on any atom is 0.0863 e. The summed E-state index contributed by atoms with van der Waals surface area (Å²) in [5.74, 6) is 2.61. The molecule has 1 atom stereocenters. The fourth-order valence-electron chi connectivity index (χ4n) is 0.852. The van der Waals surface area contributed by atoms with E-state index < -0.39 is 0 Å². The second kappa shape index (κ2) is 8.85. The van der Waals surface area contributed by atoms with Gasteiger partial charge >= 0.3 is 0 Å². The van der Waals surface area contributed by atoms with Crippen molar-refractivity contribution in [2.45, 2.75) is 33.3 Å². The van der Waals surface area contributed by atoms with Crippen LogP contribution in [0.5, 0.6) is 0 Å². The zero-order valence-electron chi connectivity index (χ0n) is 8.95. The third-order valence-corrected chi connectivity index (χ3v) is 2.94. The summed E-state index contributed by atoms with van der Waals surface area (Å²) in [5, 5.41) is 9.44. The zero-order valence-corrected chi connectivity index (χ0v) is 9.77.